The van der Waals surface area contributed by atoms with Gasteiger partial charge in [0.25, 0.3) is 0 Å². The number of likely N-dealkylation sites (tertiary alicyclic amines) is 2. The predicted molar refractivity (Wildman–Crippen MR) is 101 cm³/mol. The van der Waals surface area contributed by atoms with Gasteiger partial charge in [-0.05, 0) is 37.5 Å². The van der Waals surface area contributed by atoms with Crippen LogP contribution in [0.25, 0.3) is 0 Å². The maximum atomic E-state index is 12.9. The number of nitrogens with zero attached hydrogens (tertiary/aromatic N) is 3. The van der Waals surface area contributed by atoms with Gasteiger partial charge < -0.3 is 19.9 Å². The van der Waals surface area contributed by atoms with Crippen LogP contribution in [-0.2, 0) is 11.0 Å². The van der Waals surface area contributed by atoms with Crippen LogP contribution in [0.3, 0.4) is 0 Å². The molecule has 1 N–H and O–H groups in total. The first kappa shape index (κ1) is 20.0. The molecule has 4 fully saturated rings. The van der Waals surface area contributed by atoms with Crippen molar-refractivity contribution in [1.29, 1.82) is 5.26 Å². The average molecular weight is 434 g/mol. The summed E-state index contributed by atoms with van der Waals surface area (Å²) in [7, 11) is 0. The van der Waals surface area contributed by atoms with E-state index in [0.29, 0.717) is 32.6 Å². The smallest absolute Gasteiger partial charge is 0.417 e. The topological polar surface area (TPSA) is 85.7 Å². The van der Waals surface area contributed by atoms with E-state index < -0.39 is 17.3 Å². The lowest BCUT2D eigenvalue weighted by atomic mass is 9.62. The van der Waals surface area contributed by atoms with E-state index >= 15 is 0 Å². The molecule has 2 spiro atoms. The Morgan fingerprint density at radius 2 is 1.87 bits per heavy atom. The Morgan fingerprint density at radius 3 is 2.45 bits per heavy atom. The van der Waals surface area contributed by atoms with Gasteiger partial charge in [0.05, 0.1) is 22.7 Å². The highest BCUT2D eigenvalue weighted by Gasteiger charge is 2.57. The zero-order valence-electron chi connectivity index (χ0n) is 16.7. The number of ether oxygens (including phenoxy) is 1. The minimum Gasteiger partial charge on any atom is -0.490 e. The first-order chi connectivity index (χ1) is 14.6. The second-order valence-electron chi connectivity index (χ2n) is 9.29. The lowest BCUT2D eigenvalue weighted by Crippen LogP contribution is -2.74. The number of hydrogen-bond acceptors (Lipinski definition) is 4. The van der Waals surface area contributed by atoms with Gasteiger partial charge in [-0.3, -0.25) is 4.79 Å². The molecule has 1 aromatic rings. The standard InChI is InChI=1S/C21H21F3N4O3/c22-21(23,24)16-2-1-14(5-13(16)8-25)31-15-6-19(7-15)9-27(10-19)18(30)28-11-20(12-28)4-3-17(29)26-20/h1-2,5,15H,3-4,6-7,9-12H2,(H,26,29). The van der Waals surface area contributed by atoms with Crippen molar-refractivity contribution in [2.75, 3.05) is 26.2 Å². The van der Waals surface area contributed by atoms with Gasteiger partial charge >= 0.3 is 12.2 Å². The number of urea groups is 1. The maximum Gasteiger partial charge on any atom is 0.417 e. The maximum absolute atomic E-state index is 12.9. The summed E-state index contributed by atoms with van der Waals surface area (Å²) in [5, 5.41) is 12.0. The van der Waals surface area contributed by atoms with E-state index in [-0.39, 0.29) is 34.7 Å². The summed E-state index contributed by atoms with van der Waals surface area (Å²) in [6.07, 6.45) is -1.98. The molecule has 1 aliphatic carbocycles. The zero-order chi connectivity index (χ0) is 22.0. The number of halogens is 3. The number of rotatable bonds is 2. The highest BCUT2D eigenvalue weighted by molar-refractivity contribution is 5.82. The molecule has 7 nitrogen and oxygen atoms in total. The Kier molecular flexibility index (Phi) is 4.20. The summed E-state index contributed by atoms with van der Waals surface area (Å²) in [4.78, 5) is 27.6. The summed E-state index contributed by atoms with van der Waals surface area (Å²) in [5.41, 5.74) is -1.64. The van der Waals surface area contributed by atoms with E-state index in [4.69, 9.17) is 10.00 Å². The Balaban J connectivity index is 1.10. The quantitative estimate of drug-likeness (QED) is 0.775. The zero-order valence-corrected chi connectivity index (χ0v) is 16.7. The van der Waals surface area contributed by atoms with Gasteiger partial charge in [-0.25, -0.2) is 4.79 Å². The largest absolute Gasteiger partial charge is 0.490 e. The van der Waals surface area contributed by atoms with E-state index in [1.165, 1.54) is 6.07 Å². The second-order valence-corrected chi connectivity index (χ2v) is 9.29. The molecule has 0 atom stereocenters. The van der Waals surface area contributed by atoms with Crippen LogP contribution in [0.1, 0.15) is 36.8 Å². The summed E-state index contributed by atoms with van der Waals surface area (Å²) in [6, 6.07) is 4.82. The van der Waals surface area contributed by atoms with Gasteiger partial charge in [0.15, 0.2) is 0 Å². The second kappa shape index (κ2) is 6.52. The Bertz CT molecular complexity index is 983. The molecular weight excluding hydrogens is 413 g/mol. The van der Waals surface area contributed by atoms with Crippen molar-refractivity contribution in [1.82, 2.24) is 15.1 Å². The summed E-state index contributed by atoms with van der Waals surface area (Å²) < 4.78 is 44.5. The molecule has 3 saturated heterocycles. The van der Waals surface area contributed by atoms with Crippen molar-refractivity contribution >= 4 is 11.9 Å². The van der Waals surface area contributed by atoms with Gasteiger partial charge in [0.2, 0.25) is 5.91 Å². The average Bonchev–Trinajstić information content (AvgIpc) is 3.02. The van der Waals surface area contributed by atoms with E-state index in [1.54, 1.807) is 15.9 Å². The number of alkyl halides is 3. The Labute approximate surface area is 176 Å². The fourth-order valence-corrected chi connectivity index (χ4v) is 5.31. The Hall–Kier alpha value is -2.96. The first-order valence-electron chi connectivity index (χ1n) is 10.2. The van der Waals surface area contributed by atoms with E-state index in [2.05, 4.69) is 5.32 Å². The summed E-state index contributed by atoms with van der Waals surface area (Å²) in [6.45, 7) is 2.39. The highest BCUT2D eigenvalue weighted by Crippen LogP contribution is 2.50. The minimum atomic E-state index is -4.58. The summed E-state index contributed by atoms with van der Waals surface area (Å²) >= 11 is 0. The number of benzene rings is 1. The predicted octanol–water partition coefficient (Wildman–Crippen LogP) is 2.50. The fraction of sp³-hybridized carbons (Fsp3) is 0.571. The van der Waals surface area contributed by atoms with Gasteiger partial charge in [-0.15, -0.1) is 0 Å². The molecule has 164 valence electrons. The molecular formula is C21H21F3N4O3. The SMILES string of the molecule is N#Cc1cc(OC2CC3(C2)CN(C(=O)N2CC4(CCC(=O)N4)C2)C3)ccc1C(F)(F)F. The van der Waals surface area contributed by atoms with Crippen LogP contribution in [0.15, 0.2) is 18.2 Å². The molecule has 4 aliphatic rings. The molecule has 5 rings (SSSR count). The van der Waals surface area contributed by atoms with Crippen molar-refractivity contribution < 1.29 is 27.5 Å². The van der Waals surface area contributed by atoms with Gasteiger partial charge in [0.1, 0.15) is 11.9 Å². The first-order valence-corrected chi connectivity index (χ1v) is 10.2. The molecule has 0 bridgehead atoms. The number of hydrogen-bond donors (Lipinski definition) is 1. The van der Waals surface area contributed by atoms with E-state index in [1.807, 2.05) is 0 Å². The van der Waals surface area contributed by atoms with E-state index in [9.17, 15) is 22.8 Å². The molecule has 3 aliphatic heterocycles. The van der Waals surface area contributed by atoms with E-state index in [0.717, 1.165) is 31.4 Å². The third-order valence-electron chi connectivity index (χ3n) is 6.86. The van der Waals surface area contributed by atoms with Crippen LogP contribution in [0.4, 0.5) is 18.0 Å². The summed E-state index contributed by atoms with van der Waals surface area (Å²) in [5.74, 6) is 0.298. The molecule has 1 aromatic carbocycles. The van der Waals surface area contributed by atoms with Crippen LogP contribution in [-0.4, -0.2) is 59.6 Å². The van der Waals surface area contributed by atoms with Crippen LogP contribution >= 0.6 is 0 Å². The van der Waals surface area contributed by atoms with Crippen molar-refractivity contribution in [2.24, 2.45) is 5.41 Å². The number of nitriles is 1. The number of amides is 3. The molecule has 3 amide bonds. The molecule has 31 heavy (non-hydrogen) atoms. The van der Waals surface area contributed by atoms with Crippen molar-refractivity contribution in [3.05, 3.63) is 29.3 Å². The third kappa shape index (κ3) is 3.36. The van der Waals surface area contributed by atoms with Crippen LogP contribution in [0.5, 0.6) is 5.75 Å². The minimum absolute atomic E-state index is 0.00836. The number of carbonyl (C=O) groups is 2. The highest BCUT2D eigenvalue weighted by atomic mass is 19.4. The molecule has 0 aromatic heterocycles. The number of nitrogens with one attached hydrogen (secondary N) is 1. The van der Waals surface area contributed by atoms with Crippen molar-refractivity contribution in [3.63, 3.8) is 0 Å². The fourth-order valence-electron chi connectivity index (χ4n) is 5.31. The van der Waals surface area contributed by atoms with Crippen LogP contribution in [0, 0.1) is 16.7 Å². The monoisotopic (exact) mass is 434 g/mol. The molecule has 3 heterocycles. The molecule has 1 saturated carbocycles. The van der Waals surface area contributed by atoms with Crippen LogP contribution < -0.4 is 10.1 Å². The lowest BCUT2D eigenvalue weighted by molar-refractivity contribution is -0.137. The van der Waals surface area contributed by atoms with Gasteiger partial charge in [-0.2, -0.15) is 18.4 Å². The van der Waals surface area contributed by atoms with Gasteiger partial charge in [-0.1, -0.05) is 0 Å². The lowest BCUT2D eigenvalue weighted by Gasteiger charge is -2.60. The molecule has 0 radical (unpaired) electrons. The van der Waals surface area contributed by atoms with Crippen molar-refractivity contribution in [3.8, 4) is 11.8 Å². The number of carbonyl (C=O) groups excluding carboxylic acids is 2. The normalized spacial score (nSPS) is 23.6. The van der Waals surface area contributed by atoms with Crippen LogP contribution in [0.2, 0.25) is 0 Å². The van der Waals surface area contributed by atoms with Crippen molar-refractivity contribution in [2.45, 2.75) is 43.5 Å². The molecule has 10 heteroatoms. The molecule has 0 unspecified atom stereocenters. The van der Waals surface area contributed by atoms with Gasteiger partial charge in [0, 0.05) is 38.0 Å². The third-order valence-corrected chi connectivity index (χ3v) is 6.86. The Morgan fingerprint density at radius 1 is 1.19 bits per heavy atom.